The second-order valence-corrected chi connectivity index (χ2v) is 4.76. The van der Waals surface area contributed by atoms with Gasteiger partial charge in [0, 0.05) is 11.1 Å². The summed E-state index contributed by atoms with van der Waals surface area (Å²) in [5, 5.41) is 5.62. The van der Waals surface area contributed by atoms with Gasteiger partial charge in [-0.15, -0.1) is 0 Å². The molecule has 0 saturated heterocycles. The first-order valence-electron chi connectivity index (χ1n) is 7.17. The second kappa shape index (κ2) is 6.94. The second-order valence-electron chi connectivity index (χ2n) is 4.76. The Labute approximate surface area is 119 Å². The van der Waals surface area contributed by atoms with Crippen molar-refractivity contribution in [2.75, 3.05) is 11.9 Å². The molecule has 2 rings (SSSR count). The molecule has 1 atom stereocenters. The number of rotatable bonds is 6. The lowest BCUT2D eigenvalue weighted by Crippen LogP contribution is -2.31. The zero-order valence-electron chi connectivity index (χ0n) is 12.1. The molecule has 0 amide bonds. The van der Waals surface area contributed by atoms with Crippen LogP contribution in [0.4, 0.5) is 5.69 Å². The molecule has 0 bridgehead atoms. The fourth-order valence-corrected chi connectivity index (χ4v) is 2.32. The number of hydrogen-bond donors (Lipinski definition) is 1. The molecule has 0 fully saturated rings. The summed E-state index contributed by atoms with van der Waals surface area (Å²) < 4.78 is 5.14. The van der Waals surface area contributed by atoms with E-state index in [-0.39, 0.29) is 12.0 Å². The number of carbonyl (C=O) groups excluding carboxylic acids is 1. The van der Waals surface area contributed by atoms with Crippen molar-refractivity contribution >= 4 is 22.4 Å². The van der Waals surface area contributed by atoms with Gasteiger partial charge in [0.2, 0.25) is 0 Å². The normalized spacial score (nSPS) is 12.1. The molecule has 106 valence electrons. The molecule has 0 radical (unpaired) electrons. The van der Waals surface area contributed by atoms with Gasteiger partial charge in [-0.1, -0.05) is 49.7 Å². The first-order valence-corrected chi connectivity index (χ1v) is 7.17. The van der Waals surface area contributed by atoms with Gasteiger partial charge >= 0.3 is 5.97 Å². The zero-order chi connectivity index (χ0) is 14.4. The van der Waals surface area contributed by atoms with E-state index in [1.165, 1.54) is 0 Å². The zero-order valence-corrected chi connectivity index (χ0v) is 12.1. The van der Waals surface area contributed by atoms with Gasteiger partial charge in [0.25, 0.3) is 0 Å². The van der Waals surface area contributed by atoms with Crippen molar-refractivity contribution in [2.24, 2.45) is 0 Å². The van der Waals surface area contributed by atoms with E-state index in [2.05, 4.69) is 30.4 Å². The van der Waals surface area contributed by atoms with E-state index in [0.29, 0.717) is 6.61 Å². The first kappa shape index (κ1) is 14.4. The van der Waals surface area contributed by atoms with Gasteiger partial charge in [-0.05, 0) is 24.8 Å². The van der Waals surface area contributed by atoms with Crippen molar-refractivity contribution < 1.29 is 9.53 Å². The number of ether oxygens (including phenoxy) is 1. The monoisotopic (exact) mass is 271 g/mol. The Balaban J connectivity index is 2.26. The first-order chi connectivity index (χ1) is 9.76. The van der Waals surface area contributed by atoms with Crippen LogP contribution >= 0.6 is 0 Å². The Morgan fingerprint density at radius 2 is 1.90 bits per heavy atom. The molecule has 2 aromatic rings. The van der Waals surface area contributed by atoms with Crippen LogP contribution in [0.25, 0.3) is 10.8 Å². The molecule has 1 unspecified atom stereocenters. The highest BCUT2D eigenvalue weighted by Crippen LogP contribution is 2.24. The van der Waals surface area contributed by atoms with Gasteiger partial charge < -0.3 is 10.1 Å². The molecule has 3 nitrogen and oxygen atoms in total. The maximum Gasteiger partial charge on any atom is 0.328 e. The summed E-state index contributed by atoms with van der Waals surface area (Å²) >= 11 is 0. The van der Waals surface area contributed by atoms with Crippen molar-refractivity contribution in [3.8, 4) is 0 Å². The predicted octanol–water partition coefficient (Wildman–Crippen LogP) is 3.98. The van der Waals surface area contributed by atoms with E-state index in [1.807, 2.05) is 31.2 Å². The lowest BCUT2D eigenvalue weighted by Gasteiger charge is -2.19. The number of benzene rings is 2. The van der Waals surface area contributed by atoms with E-state index >= 15 is 0 Å². The summed E-state index contributed by atoms with van der Waals surface area (Å²) in [5.41, 5.74) is 0.981. The molecule has 0 heterocycles. The number of hydrogen-bond acceptors (Lipinski definition) is 3. The molecule has 3 heteroatoms. The van der Waals surface area contributed by atoms with Crippen molar-refractivity contribution in [3.63, 3.8) is 0 Å². The number of anilines is 1. The largest absolute Gasteiger partial charge is 0.464 e. The van der Waals surface area contributed by atoms with Gasteiger partial charge in [0.05, 0.1) is 6.61 Å². The Hall–Kier alpha value is -2.03. The Kier molecular flexibility index (Phi) is 4.99. The predicted molar refractivity (Wildman–Crippen MR) is 82.9 cm³/mol. The highest BCUT2D eigenvalue weighted by atomic mass is 16.5. The van der Waals surface area contributed by atoms with Gasteiger partial charge in [0.15, 0.2) is 0 Å². The fourth-order valence-electron chi connectivity index (χ4n) is 2.32. The molecule has 0 aromatic heterocycles. The molecule has 0 saturated carbocycles. The van der Waals surface area contributed by atoms with Gasteiger partial charge in [-0.3, -0.25) is 0 Å². The van der Waals surface area contributed by atoms with E-state index in [1.54, 1.807) is 0 Å². The summed E-state index contributed by atoms with van der Waals surface area (Å²) in [6.45, 7) is 4.31. The van der Waals surface area contributed by atoms with Crippen LogP contribution in [0.3, 0.4) is 0 Å². The van der Waals surface area contributed by atoms with E-state index in [9.17, 15) is 4.79 Å². The van der Waals surface area contributed by atoms with Crippen LogP contribution in [0.1, 0.15) is 26.7 Å². The van der Waals surface area contributed by atoms with Crippen LogP contribution in [-0.2, 0) is 9.53 Å². The molecule has 0 spiro atoms. The average Bonchev–Trinajstić information content (AvgIpc) is 2.47. The van der Waals surface area contributed by atoms with Crippen LogP contribution < -0.4 is 5.32 Å². The number of fused-ring (bicyclic) bond motifs is 1. The van der Waals surface area contributed by atoms with Crippen LogP contribution in [0, 0.1) is 0 Å². The molecule has 1 N–H and O–H groups in total. The minimum atomic E-state index is -0.286. The van der Waals surface area contributed by atoms with Crippen LogP contribution in [-0.4, -0.2) is 18.6 Å². The maximum absolute atomic E-state index is 12.0. The molecule has 0 aliphatic carbocycles. The smallest absolute Gasteiger partial charge is 0.328 e. The molecule has 2 aromatic carbocycles. The summed E-state index contributed by atoms with van der Waals surface area (Å²) in [7, 11) is 0. The number of carbonyl (C=O) groups is 1. The minimum absolute atomic E-state index is 0.178. The fraction of sp³-hybridized carbons (Fsp3) is 0.353. The van der Waals surface area contributed by atoms with Crippen molar-refractivity contribution in [3.05, 3.63) is 42.5 Å². The van der Waals surface area contributed by atoms with Crippen molar-refractivity contribution in [2.45, 2.75) is 32.7 Å². The summed E-state index contributed by atoms with van der Waals surface area (Å²) in [6.07, 6.45) is 1.70. The molecular formula is C17H21NO2. The van der Waals surface area contributed by atoms with Gasteiger partial charge in [0.1, 0.15) is 6.04 Å². The third kappa shape index (κ3) is 3.29. The molecular weight excluding hydrogens is 250 g/mol. The molecule has 0 aliphatic heterocycles. The van der Waals surface area contributed by atoms with Gasteiger partial charge in [-0.2, -0.15) is 0 Å². The molecule has 20 heavy (non-hydrogen) atoms. The maximum atomic E-state index is 12.0. The Morgan fingerprint density at radius 1 is 1.15 bits per heavy atom. The number of esters is 1. The third-order valence-corrected chi connectivity index (χ3v) is 3.27. The lowest BCUT2D eigenvalue weighted by atomic mass is 10.1. The highest BCUT2D eigenvalue weighted by molar-refractivity contribution is 5.95. The summed E-state index contributed by atoms with van der Waals surface area (Å²) in [5.74, 6) is -0.178. The Morgan fingerprint density at radius 3 is 2.65 bits per heavy atom. The minimum Gasteiger partial charge on any atom is -0.464 e. The van der Waals surface area contributed by atoms with Crippen molar-refractivity contribution in [1.82, 2.24) is 0 Å². The third-order valence-electron chi connectivity index (χ3n) is 3.27. The Bertz CT molecular complexity index is 575. The lowest BCUT2D eigenvalue weighted by molar-refractivity contribution is -0.144. The molecule has 0 aliphatic rings. The van der Waals surface area contributed by atoms with Crippen molar-refractivity contribution in [1.29, 1.82) is 0 Å². The summed E-state index contributed by atoms with van der Waals surface area (Å²) in [4.78, 5) is 12.0. The van der Waals surface area contributed by atoms with E-state index in [0.717, 1.165) is 29.3 Å². The SMILES string of the molecule is CCCC(Nc1cccc2ccccc12)C(=O)OCC. The summed E-state index contributed by atoms with van der Waals surface area (Å²) in [6, 6.07) is 13.9. The van der Waals surface area contributed by atoms with E-state index in [4.69, 9.17) is 4.74 Å². The van der Waals surface area contributed by atoms with E-state index < -0.39 is 0 Å². The quantitative estimate of drug-likeness (QED) is 0.807. The number of nitrogens with one attached hydrogen (secondary N) is 1. The average molecular weight is 271 g/mol. The van der Waals surface area contributed by atoms with Crippen LogP contribution in [0.15, 0.2) is 42.5 Å². The van der Waals surface area contributed by atoms with Crippen LogP contribution in [0.5, 0.6) is 0 Å². The highest BCUT2D eigenvalue weighted by Gasteiger charge is 2.19. The van der Waals surface area contributed by atoms with Crippen LogP contribution in [0.2, 0.25) is 0 Å². The standard InChI is InChI=1S/C17H21NO2/c1-3-8-16(17(19)20-4-2)18-15-12-7-10-13-9-5-6-11-14(13)15/h5-7,9-12,16,18H,3-4,8H2,1-2H3. The topological polar surface area (TPSA) is 38.3 Å². The van der Waals surface area contributed by atoms with Gasteiger partial charge in [-0.25, -0.2) is 4.79 Å².